The van der Waals surface area contributed by atoms with Gasteiger partial charge in [0.2, 0.25) is 0 Å². The second kappa shape index (κ2) is 10.5. The summed E-state index contributed by atoms with van der Waals surface area (Å²) >= 11 is 1.67. The fraction of sp³-hybridized carbons (Fsp3) is 0.391. The maximum Gasteiger partial charge on any atom is 0.257 e. The maximum absolute atomic E-state index is 12.0. The summed E-state index contributed by atoms with van der Waals surface area (Å²) in [6, 6.07) is 13.3. The number of hydrogen-bond donors (Lipinski definition) is 1. The van der Waals surface area contributed by atoms with E-state index < -0.39 is 0 Å². The van der Waals surface area contributed by atoms with Gasteiger partial charge < -0.3 is 24.4 Å². The number of ether oxygens (including phenoxy) is 3. The summed E-state index contributed by atoms with van der Waals surface area (Å²) in [7, 11) is 3.27. The SMILES string of the molecule is COc1ccc2sc(N3CCN(CCNC(=O)COc4ccccc4)CC3)nc2c1OC. The monoisotopic (exact) mass is 456 g/mol. The van der Waals surface area contributed by atoms with Gasteiger partial charge in [-0.1, -0.05) is 29.5 Å². The Labute approximate surface area is 191 Å². The Bertz CT molecular complexity index is 1040. The van der Waals surface area contributed by atoms with Crippen LogP contribution in [-0.2, 0) is 4.79 Å². The number of nitrogens with zero attached hydrogens (tertiary/aromatic N) is 3. The van der Waals surface area contributed by atoms with Crippen LogP contribution in [0.1, 0.15) is 0 Å². The molecule has 9 heteroatoms. The lowest BCUT2D eigenvalue weighted by molar-refractivity contribution is -0.123. The molecule has 1 aliphatic rings. The Morgan fingerprint density at radius 1 is 1.06 bits per heavy atom. The van der Waals surface area contributed by atoms with Crippen LogP contribution in [0.15, 0.2) is 42.5 Å². The van der Waals surface area contributed by atoms with Gasteiger partial charge in [-0.25, -0.2) is 4.98 Å². The van der Waals surface area contributed by atoms with Crippen molar-refractivity contribution in [3.63, 3.8) is 0 Å². The molecule has 32 heavy (non-hydrogen) atoms. The number of aromatic nitrogens is 1. The highest BCUT2D eigenvalue weighted by molar-refractivity contribution is 7.22. The van der Waals surface area contributed by atoms with Crippen LogP contribution in [0.25, 0.3) is 10.2 Å². The number of benzene rings is 2. The van der Waals surface area contributed by atoms with Gasteiger partial charge in [0.05, 0.1) is 18.9 Å². The third-order valence-corrected chi connectivity index (χ3v) is 6.48. The van der Waals surface area contributed by atoms with E-state index in [0.717, 1.165) is 48.1 Å². The smallest absolute Gasteiger partial charge is 0.257 e. The van der Waals surface area contributed by atoms with E-state index in [1.165, 1.54) is 0 Å². The molecule has 0 spiro atoms. The number of nitrogens with one attached hydrogen (secondary N) is 1. The van der Waals surface area contributed by atoms with Gasteiger partial charge >= 0.3 is 0 Å². The van der Waals surface area contributed by atoms with Crippen LogP contribution in [0, 0.1) is 0 Å². The van der Waals surface area contributed by atoms with Crippen LogP contribution in [0.4, 0.5) is 5.13 Å². The molecule has 2 heterocycles. The summed E-state index contributed by atoms with van der Waals surface area (Å²) in [5.74, 6) is 1.96. The second-order valence-corrected chi connectivity index (χ2v) is 8.43. The fourth-order valence-electron chi connectivity index (χ4n) is 3.67. The third kappa shape index (κ3) is 5.23. The number of hydrogen-bond acceptors (Lipinski definition) is 8. The number of amides is 1. The molecule has 4 rings (SSSR count). The van der Waals surface area contributed by atoms with Gasteiger partial charge in [0.15, 0.2) is 23.2 Å². The molecule has 0 unspecified atom stereocenters. The summed E-state index contributed by atoms with van der Waals surface area (Å²) < 4.78 is 17.5. The number of thiazole rings is 1. The first kappa shape index (κ1) is 22.2. The molecule has 1 saturated heterocycles. The number of methoxy groups -OCH3 is 2. The highest BCUT2D eigenvalue weighted by atomic mass is 32.1. The Hall–Kier alpha value is -3.04. The lowest BCUT2D eigenvalue weighted by atomic mass is 10.3. The molecule has 0 atom stereocenters. The molecule has 2 aromatic carbocycles. The molecular formula is C23H28N4O4S. The molecule has 8 nitrogen and oxygen atoms in total. The van der Waals surface area contributed by atoms with Gasteiger partial charge in [-0.2, -0.15) is 0 Å². The minimum atomic E-state index is -0.105. The minimum absolute atomic E-state index is 0.0314. The summed E-state index contributed by atoms with van der Waals surface area (Å²) in [5, 5.41) is 3.93. The highest BCUT2D eigenvalue weighted by Gasteiger charge is 2.21. The Morgan fingerprint density at radius 2 is 1.84 bits per heavy atom. The van der Waals surface area contributed by atoms with Crippen molar-refractivity contribution < 1.29 is 19.0 Å². The lowest BCUT2D eigenvalue weighted by Gasteiger charge is -2.34. The number of fused-ring (bicyclic) bond motifs is 1. The zero-order valence-corrected chi connectivity index (χ0v) is 19.2. The number of anilines is 1. The topological polar surface area (TPSA) is 76.2 Å². The van der Waals surface area contributed by atoms with E-state index in [9.17, 15) is 4.79 Å². The normalized spacial score (nSPS) is 14.4. The number of carbonyl (C=O) groups is 1. The summed E-state index contributed by atoms with van der Waals surface area (Å²) in [4.78, 5) is 21.5. The standard InChI is InChI=1S/C23H28N4O4S/c1-29-18-8-9-19-21(22(18)30-2)25-23(32-19)27-14-12-26(13-15-27)11-10-24-20(28)16-31-17-6-4-3-5-7-17/h3-9H,10-16H2,1-2H3,(H,24,28). The predicted octanol–water partition coefficient (Wildman–Crippen LogP) is 2.63. The van der Waals surface area contributed by atoms with Crippen molar-refractivity contribution in [1.82, 2.24) is 15.2 Å². The van der Waals surface area contributed by atoms with Gasteiger partial charge in [0.1, 0.15) is 11.3 Å². The van der Waals surface area contributed by atoms with Crippen molar-refractivity contribution in [2.75, 3.05) is 65.0 Å². The van der Waals surface area contributed by atoms with E-state index in [4.69, 9.17) is 19.2 Å². The number of para-hydroxylation sites is 1. The van der Waals surface area contributed by atoms with E-state index in [0.29, 0.717) is 23.8 Å². The van der Waals surface area contributed by atoms with E-state index in [1.54, 1.807) is 25.6 Å². The van der Waals surface area contributed by atoms with E-state index >= 15 is 0 Å². The summed E-state index contributed by atoms with van der Waals surface area (Å²) in [5.41, 5.74) is 0.842. The van der Waals surface area contributed by atoms with Crippen LogP contribution < -0.4 is 24.4 Å². The zero-order chi connectivity index (χ0) is 22.3. The number of carbonyl (C=O) groups excluding carboxylic acids is 1. The first-order valence-corrected chi connectivity index (χ1v) is 11.4. The zero-order valence-electron chi connectivity index (χ0n) is 18.4. The maximum atomic E-state index is 12.0. The largest absolute Gasteiger partial charge is 0.493 e. The predicted molar refractivity (Wildman–Crippen MR) is 126 cm³/mol. The second-order valence-electron chi connectivity index (χ2n) is 7.42. The molecule has 1 amide bonds. The van der Waals surface area contributed by atoms with Crippen molar-refractivity contribution in [3.8, 4) is 17.2 Å². The van der Waals surface area contributed by atoms with Gasteiger partial charge in [-0.3, -0.25) is 9.69 Å². The van der Waals surface area contributed by atoms with Gasteiger partial charge in [0.25, 0.3) is 5.91 Å². The van der Waals surface area contributed by atoms with Crippen molar-refractivity contribution in [1.29, 1.82) is 0 Å². The van der Waals surface area contributed by atoms with Crippen LogP contribution in [0.2, 0.25) is 0 Å². The average Bonchev–Trinajstić information content (AvgIpc) is 3.27. The summed E-state index contributed by atoms with van der Waals surface area (Å²) in [6.07, 6.45) is 0. The van der Waals surface area contributed by atoms with E-state index in [1.807, 2.05) is 42.5 Å². The van der Waals surface area contributed by atoms with Crippen LogP contribution in [0.3, 0.4) is 0 Å². The molecule has 1 N–H and O–H groups in total. The number of rotatable bonds is 9. The Balaban J connectivity index is 1.22. The Kier molecular flexibility index (Phi) is 7.28. The lowest BCUT2D eigenvalue weighted by Crippen LogP contribution is -2.48. The molecule has 1 aliphatic heterocycles. The molecule has 1 fully saturated rings. The summed E-state index contributed by atoms with van der Waals surface area (Å²) in [6.45, 7) is 5.09. The third-order valence-electron chi connectivity index (χ3n) is 5.40. The number of piperazine rings is 1. The minimum Gasteiger partial charge on any atom is -0.493 e. The molecule has 3 aromatic rings. The van der Waals surface area contributed by atoms with Crippen LogP contribution in [0.5, 0.6) is 17.2 Å². The molecule has 0 aliphatic carbocycles. The Morgan fingerprint density at radius 3 is 2.56 bits per heavy atom. The first-order valence-electron chi connectivity index (χ1n) is 10.6. The average molecular weight is 457 g/mol. The van der Waals surface area contributed by atoms with Crippen molar-refractivity contribution in [2.24, 2.45) is 0 Å². The van der Waals surface area contributed by atoms with E-state index in [2.05, 4.69) is 15.1 Å². The quantitative estimate of drug-likeness (QED) is 0.530. The van der Waals surface area contributed by atoms with Crippen molar-refractivity contribution in [2.45, 2.75) is 0 Å². The van der Waals surface area contributed by atoms with E-state index in [-0.39, 0.29) is 12.5 Å². The molecular weight excluding hydrogens is 428 g/mol. The molecule has 0 bridgehead atoms. The highest BCUT2D eigenvalue weighted by Crippen LogP contribution is 2.40. The van der Waals surface area contributed by atoms with Crippen molar-refractivity contribution >= 4 is 32.6 Å². The molecule has 0 radical (unpaired) electrons. The van der Waals surface area contributed by atoms with Crippen molar-refractivity contribution in [3.05, 3.63) is 42.5 Å². The first-order chi connectivity index (χ1) is 15.7. The molecule has 170 valence electrons. The van der Waals surface area contributed by atoms with Gasteiger partial charge in [0, 0.05) is 39.3 Å². The molecule has 1 aromatic heterocycles. The van der Waals surface area contributed by atoms with Crippen LogP contribution in [-0.4, -0.2) is 75.9 Å². The van der Waals surface area contributed by atoms with Crippen LogP contribution >= 0.6 is 11.3 Å². The van der Waals surface area contributed by atoms with Gasteiger partial charge in [-0.15, -0.1) is 0 Å². The van der Waals surface area contributed by atoms with Gasteiger partial charge in [-0.05, 0) is 24.3 Å². The fourth-order valence-corrected chi connectivity index (χ4v) is 4.68. The molecule has 0 saturated carbocycles.